The van der Waals surface area contributed by atoms with Crippen LogP contribution in [-0.2, 0) is 4.79 Å². The van der Waals surface area contributed by atoms with E-state index in [1.807, 2.05) is 18.2 Å². The maximum atomic E-state index is 12.4. The highest BCUT2D eigenvalue weighted by Crippen LogP contribution is 2.36. The Labute approximate surface area is 171 Å². The van der Waals surface area contributed by atoms with Gasteiger partial charge in [0.25, 0.3) is 11.8 Å². The maximum absolute atomic E-state index is 12.4. The lowest BCUT2D eigenvalue weighted by molar-refractivity contribution is -0.123. The zero-order chi connectivity index (χ0) is 19.5. The van der Waals surface area contributed by atoms with Crippen LogP contribution in [0.25, 0.3) is 10.2 Å². The van der Waals surface area contributed by atoms with Crippen LogP contribution in [0.1, 0.15) is 34.2 Å². The number of nitrogens with zero attached hydrogens (tertiary/aromatic N) is 2. The summed E-state index contributed by atoms with van der Waals surface area (Å²) in [4.78, 5) is 31.4. The number of nitrogens with one attached hydrogen (secondary N) is 2. The van der Waals surface area contributed by atoms with Crippen molar-refractivity contribution in [1.29, 1.82) is 0 Å². The van der Waals surface area contributed by atoms with Crippen LogP contribution in [0.5, 0.6) is 0 Å². The van der Waals surface area contributed by atoms with Crippen LogP contribution in [0.15, 0.2) is 48.5 Å². The maximum Gasteiger partial charge on any atom is 0.271 e. The van der Waals surface area contributed by atoms with Crippen LogP contribution in [0.2, 0.25) is 5.02 Å². The van der Waals surface area contributed by atoms with E-state index in [0.29, 0.717) is 10.6 Å². The molecule has 2 amide bonds. The minimum atomic E-state index is -0.442. The quantitative estimate of drug-likeness (QED) is 0.640. The van der Waals surface area contributed by atoms with Gasteiger partial charge in [-0.3, -0.25) is 25.3 Å². The third-order valence-corrected chi connectivity index (χ3v) is 6.21. The standard InChI is InChI=1S/C20H19ClN4O2S/c21-14-7-2-1-6-13(14)19(27)24-23-18(26)12-25-11-5-9-16(25)20-22-15-8-3-4-10-17(15)28-20/h1-4,6-8,10,16H,5,9,11-12H2,(H,23,26)(H,24,27). The number of benzene rings is 2. The predicted octanol–water partition coefficient (Wildman–Crippen LogP) is 3.55. The van der Waals surface area contributed by atoms with Gasteiger partial charge in [0, 0.05) is 0 Å². The molecule has 2 N–H and O–H groups in total. The number of halogens is 1. The first-order valence-corrected chi connectivity index (χ1v) is 10.2. The lowest BCUT2D eigenvalue weighted by Crippen LogP contribution is -2.46. The summed E-state index contributed by atoms with van der Waals surface area (Å²) >= 11 is 7.68. The molecule has 6 nitrogen and oxygen atoms in total. The number of carbonyl (C=O) groups is 2. The Morgan fingerprint density at radius 1 is 1.14 bits per heavy atom. The number of thiazole rings is 1. The Kier molecular flexibility index (Phi) is 5.57. The monoisotopic (exact) mass is 414 g/mol. The molecule has 2 heterocycles. The largest absolute Gasteiger partial charge is 0.285 e. The van der Waals surface area contributed by atoms with Crippen molar-refractivity contribution in [1.82, 2.24) is 20.7 Å². The fourth-order valence-corrected chi connectivity index (χ4v) is 4.75. The molecule has 8 heteroatoms. The van der Waals surface area contributed by atoms with E-state index in [0.717, 1.165) is 34.6 Å². The van der Waals surface area contributed by atoms with E-state index in [1.54, 1.807) is 35.6 Å². The number of hydrazine groups is 1. The molecule has 28 heavy (non-hydrogen) atoms. The van der Waals surface area contributed by atoms with Gasteiger partial charge in [-0.25, -0.2) is 4.98 Å². The highest BCUT2D eigenvalue weighted by Gasteiger charge is 2.30. The molecular weight excluding hydrogens is 396 g/mol. The van der Waals surface area contributed by atoms with Gasteiger partial charge in [0.1, 0.15) is 5.01 Å². The van der Waals surface area contributed by atoms with E-state index in [-0.39, 0.29) is 18.5 Å². The smallest absolute Gasteiger partial charge is 0.271 e. The van der Waals surface area contributed by atoms with E-state index in [4.69, 9.17) is 16.6 Å². The predicted molar refractivity (Wildman–Crippen MR) is 110 cm³/mol. The van der Waals surface area contributed by atoms with E-state index in [9.17, 15) is 9.59 Å². The van der Waals surface area contributed by atoms with Gasteiger partial charge in [-0.05, 0) is 43.7 Å². The van der Waals surface area contributed by atoms with Crippen molar-refractivity contribution < 1.29 is 9.59 Å². The molecule has 1 aliphatic heterocycles. The molecule has 0 bridgehead atoms. The van der Waals surface area contributed by atoms with Gasteiger partial charge in [0.05, 0.1) is 33.4 Å². The molecule has 0 saturated carbocycles. The SMILES string of the molecule is O=C(CN1CCCC1c1nc2ccccc2s1)NNC(=O)c1ccccc1Cl. The van der Waals surface area contributed by atoms with Gasteiger partial charge in [-0.2, -0.15) is 0 Å². The average molecular weight is 415 g/mol. The molecule has 1 fully saturated rings. The van der Waals surface area contributed by atoms with E-state index >= 15 is 0 Å². The summed E-state index contributed by atoms with van der Waals surface area (Å²) in [6.07, 6.45) is 1.99. The second kappa shape index (κ2) is 8.26. The lowest BCUT2D eigenvalue weighted by Gasteiger charge is -2.22. The number of carbonyl (C=O) groups excluding carboxylic acids is 2. The van der Waals surface area contributed by atoms with Crippen LogP contribution in [0.4, 0.5) is 0 Å². The Morgan fingerprint density at radius 2 is 1.93 bits per heavy atom. The van der Waals surface area contributed by atoms with Crippen LogP contribution >= 0.6 is 22.9 Å². The molecule has 1 aromatic heterocycles. The van der Waals surface area contributed by atoms with Crippen molar-refractivity contribution in [3.05, 3.63) is 64.1 Å². The average Bonchev–Trinajstić information content (AvgIpc) is 3.32. The molecule has 1 aliphatic rings. The molecule has 144 valence electrons. The van der Waals surface area contributed by atoms with Gasteiger partial charge in [0.15, 0.2) is 0 Å². The zero-order valence-electron chi connectivity index (χ0n) is 15.0. The summed E-state index contributed by atoms with van der Waals surface area (Å²) in [6.45, 7) is 1.02. The van der Waals surface area contributed by atoms with Gasteiger partial charge >= 0.3 is 0 Å². The van der Waals surface area contributed by atoms with Gasteiger partial charge in [-0.1, -0.05) is 35.9 Å². The summed E-state index contributed by atoms with van der Waals surface area (Å²) in [5, 5.41) is 1.37. The Balaban J connectivity index is 1.37. The van der Waals surface area contributed by atoms with Crippen molar-refractivity contribution in [2.75, 3.05) is 13.1 Å². The number of hydrogen-bond donors (Lipinski definition) is 2. The zero-order valence-corrected chi connectivity index (χ0v) is 16.6. The minimum absolute atomic E-state index is 0.127. The summed E-state index contributed by atoms with van der Waals surface area (Å²) in [5.41, 5.74) is 6.21. The normalized spacial score (nSPS) is 17.0. The molecule has 2 aromatic carbocycles. The molecule has 1 unspecified atom stereocenters. The topological polar surface area (TPSA) is 74.3 Å². The number of rotatable bonds is 4. The first kappa shape index (κ1) is 18.9. The lowest BCUT2D eigenvalue weighted by atomic mass is 10.2. The van der Waals surface area contributed by atoms with E-state index in [1.165, 1.54) is 0 Å². The number of aromatic nitrogens is 1. The molecule has 0 spiro atoms. The summed E-state index contributed by atoms with van der Waals surface area (Å²) in [5.74, 6) is -0.712. The van der Waals surface area contributed by atoms with Crippen molar-refractivity contribution >= 4 is 45.0 Å². The molecule has 4 rings (SSSR count). The first-order chi connectivity index (χ1) is 13.6. The van der Waals surface area contributed by atoms with Gasteiger partial charge < -0.3 is 0 Å². The Bertz CT molecular complexity index is 989. The molecule has 1 atom stereocenters. The summed E-state index contributed by atoms with van der Waals surface area (Å²) < 4.78 is 1.15. The van der Waals surface area contributed by atoms with Crippen LogP contribution < -0.4 is 10.9 Å². The van der Waals surface area contributed by atoms with Gasteiger partial charge in [-0.15, -0.1) is 11.3 Å². The van der Waals surface area contributed by atoms with Crippen LogP contribution in [0, 0.1) is 0 Å². The van der Waals surface area contributed by atoms with Crippen molar-refractivity contribution in [2.24, 2.45) is 0 Å². The molecule has 3 aromatic rings. The third-order valence-electron chi connectivity index (χ3n) is 4.74. The molecular formula is C20H19ClN4O2S. The number of para-hydroxylation sites is 1. The highest BCUT2D eigenvalue weighted by molar-refractivity contribution is 7.18. The number of likely N-dealkylation sites (tertiary alicyclic amines) is 1. The van der Waals surface area contributed by atoms with Crippen molar-refractivity contribution in [2.45, 2.75) is 18.9 Å². The van der Waals surface area contributed by atoms with Crippen molar-refractivity contribution in [3.8, 4) is 0 Å². The second-order valence-corrected chi connectivity index (χ2v) is 8.10. The molecule has 1 saturated heterocycles. The van der Waals surface area contributed by atoms with E-state index in [2.05, 4.69) is 21.8 Å². The van der Waals surface area contributed by atoms with Crippen LogP contribution in [-0.4, -0.2) is 34.8 Å². The summed E-state index contributed by atoms with van der Waals surface area (Å²) in [7, 11) is 0. The number of hydrogen-bond acceptors (Lipinski definition) is 5. The molecule has 0 radical (unpaired) electrons. The number of fused-ring (bicyclic) bond motifs is 1. The fraction of sp³-hybridized carbons (Fsp3) is 0.250. The first-order valence-electron chi connectivity index (χ1n) is 9.05. The van der Waals surface area contributed by atoms with Crippen LogP contribution in [0.3, 0.4) is 0 Å². The highest BCUT2D eigenvalue weighted by atomic mass is 35.5. The number of amides is 2. The minimum Gasteiger partial charge on any atom is -0.285 e. The second-order valence-electron chi connectivity index (χ2n) is 6.63. The Morgan fingerprint density at radius 3 is 2.75 bits per heavy atom. The third kappa shape index (κ3) is 4.01. The van der Waals surface area contributed by atoms with E-state index < -0.39 is 5.91 Å². The van der Waals surface area contributed by atoms with Gasteiger partial charge in [0.2, 0.25) is 0 Å². The van der Waals surface area contributed by atoms with Crippen molar-refractivity contribution in [3.63, 3.8) is 0 Å². The summed E-state index contributed by atoms with van der Waals surface area (Å²) in [6, 6.07) is 14.9. The molecule has 0 aliphatic carbocycles. The fourth-order valence-electron chi connectivity index (χ4n) is 3.39. The Hall–Kier alpha value is -2.48.